The fourth-order valence-electron chi connectivity index (χ4n) is 1.90. The number of hydrogen-bond acceptors (Lipinski definition) is 4. The zero-order chi connectivity index (χ0) is 9.64. The van der Waals surface area contributed by atoms with Crippen LogP contribution in [0.25, 0.3) is 0 Å². The quantitative estimate of drug-likeness (QED) is 0.655. The van der Waals surface area contributed by atoms with Crippen LogP contribution in [0.2, 0.25) is 0 Å². The molecule has 0 spiro atoms. The lowest BCUT2D eigenvalue weighted by Gasteiger charge is -2.22. The monoisotopic (exact) mass is 188 g/mol. The van der Waals surface area contributed by atoms with Crippen molar-refractivity contribution in [1.82, 2.24) is 0 Å². The van der Waals surface area contributed by atoms with E-state index in [9.17, 15) is 5.11 Å². The average Bonchev–Trinajstić information content (AvgIpc) is 2.47. The Morgan fingerprint density at radius 1 is 1.31 bits per heavy atom. The van der Waals surface area contributed by atoms with Crippen LogP contribution in [0.5, 0.6) is 0 Å². The lowest BCUT2D eigenvalue weighted by atomic mass is 10.1. The zero-order valence-corrected chi connectivity index (χ0v) is 8.19. The van der Waals surface area contributed by atoms with Gasteiger partial charge in [0.1, 0.15) is 12.2 Å². The molecule has 0 bridgehead atoms. The molecule has 76 valence electrons. The Morgan fingerprint density at radius 3 is 2.54 bits per heavy atom. The van der Waals surface area contributed by atoms with E-state index in [0.717, 1.165) is 6.42 Å². The topological polar surface area (TPSA) is 47.9 Å². The molecule has 4 nitrogen and oxygen atoms in total. The molecule has 4 heteroatoms. The predicted octanol–water partition coefficient (Wildman–Crippen LogP) is 0.634. The van der Waals surface area contributed by atoms with Gasteiger partial charge in [-0.1, -0.05) is 6.92 Å². The Hall–Kier alpha value is -0.160. The lowest BCUT2D eigenvalue weighted by Crippen LogP contribution is -2.34. The summed E-state index contributed by atoms with van der Waals surface area (Å²) < 4.78 is 16.5. The van der Waals surface area contributed by atoms with Gasteiger partial charge in [0.25, 0.3) is 0 Å². The third-order valence-corrected chi connectivity index (χ3v) is 2.52. The molecule has 4 atom stereocenters. The summed E-state index contributed by atoms with van der Waals surface area (Å²) in [6, 6.07) is 0. The van der Waals surface area contributed by atoms with Gasteiger partial charge in [0.15, 0.2) is 12.1 Å². The summed E-state index contributed by atoms with van der Waals surface area (Å²) in [6.07, 6.45) is -0.640. The Labute approximate surface area is 77.8 Å². The number of fused-ring (bicyclic) bond motifs is 1. The number of rotatable bonds is 1. The van der Waals surface area contributed by atoms with Crippen LogP contribution in [0.15, 0.2) is 0 Å². The van der Waals surface area contributed by atoms with Crippen molar-refractivity contribution in [2.75, 3.05) is 0 Å². The minimum absolute atomic E-state index is 0.147. The molecule has 2 saturated heterocycles. The summed E-state index contributed by atoms with van der Waals surface area (Å²) in [5, 5.41) is 9.76. The van der Waals surface area contributed by atoms with Crippen molar-refractivity contribution in [3.8, 4) is 0 Å². The fraction of sp³-hybridized carbons (Fsp3) is 1.00. The summed E-state index contributed by atoms with van der Waals surface area (Å²) in [5.74, 6) is -0.630. The molecule has 13 heavy (non-hydrogen) atoms. The van der Waals surface area contributed by atoms with E-state index in [1.54, 1.807) is 0 Å². The smallest absolute Gasteiger partial charge is 0.190 e. The minimum atomic E-state index is -0.630. The van der Waals surface area contributed by atoms with Crippen molar-refractivity contribution >= 4 is 0 Å². The molecule has 0 saturated carbocycles. The maximum absolute atomic E-state index is 9.76. The second-order valence-corrected chi connectivity index (χ2v) is 4.04. The van der Waals surface area contributed by atoms with E-state index in [1.165, 1.54) is 0 Å². The second-order valence-electron chi connectivity index (χ2n) is 4.04. The highest BCUT2D eigenvalue weighted by atomic mass is 16.8. The first-order valence-electron chi connectivity index (χ1n) is 4.72. The Morgan fingerprint density at radius 2 is 2.00 bits per heavy atom. The molecule has 2 heterocycles. The van der Waals surface area contributed by atoms with Crippen molar-refractivity contribution in [1.29, 1.82) is 0 Å². The van der Waals surface area contributed by atoms with E-state index < -0.39 is 18.2 Å². The van der Waals surface area contributed by atoms with Crippen molar-refractivity contribution in [2.45, 2.75) is 57.6 Å². The molecule has 0 unspecified atom stereocenters. The highest BCUT2D eigenvalue weighted by molar-refractivity contribution is 4.92. The van der Waals surface area contributed by atoms with Crippen LogP contribution >= 0.6 is 0 Å². The molecular weight excluding hydrogens is 172 g/mol. The van der Waals surface area contributed by atoms with Gasteiger partial charge in [0.2, 0.25) is 0 Å². The number of aliphatic hydroxyl groups is 1. The summed E-state index contributed by atoms with van der Waals surface area (Å²) in [4.78, 5) is 0. The normalized spacial score (nSPS) is 48.0. The van der Waals surface area contributed by atoms with Crippen molar-refractivity contribution < 1.29 is 19.3 Å². The van der Waals surface area contributed by atoms with Crippen LogP contribution in [0.3, 0.4) is 0 Å². The van der Waals surface area contributed by atoms with Crippen LogP contribution < -0.4 is 0 Å². The van der Waals surface area contributed by atoms with Crippen molar-refractivity contribution in [2.24, 2.45) is 0 Å². The van der Waals surface area contributed by atoms with Gasteiger partial charge in [-0.2, -0.15) is 0 Å². The molecular formula is C9H16O4. The largest absolute Gasteiger partial charge is 0.387 e. The Kier molecular flexibility index (Phi) is 2.11. The molecule has 0 amide bonds. The summed E-state index contributed by atoms with van der Waals surface area (Å²) in [7, 11) is 0. The standard InChI is InChI=1S/C9H16O4/c1-4-5-6(10)7-8(11-5)13-9(2,3)12-7/h5-8,10H,4H2,1-3H3/t5-,6+,7-,8-/m0/s1. The van der Waals surface area contributed by atoms with E-state index in [-0.39, 0.29) is 12.2 Å². The lowest BCUT2D eigenvalue weighted by molar-refractivity contribution is -0.214. The first-order valence-corrected chi connectivity index (χ1v) is 4.72. The summed E-state index contributed by atoms with van der Waals surface area (Å²) in [5.41, 5.74) is 0. The SMILES string of the molecule is CC[C@@H]1O[C@H]2OC(C)(C)O[C@H]2[C@@H]1O. The minimum Gasteiger partial charge on any atom is -0.387 e. The molecule has 0 radical (unpaired) electrons. The predicted molar refractivity (Wildman–Crippen MR) is 45.0 cm³/mol. The van der Waals surface area contributed by atoms with Gasteiger partial charge >= 0.3 is 0 Å². The van der Waals surface area contributed by atoms with Gasteiger partial charge in [-0.05, 0) is 20.3 Å². The van der Waals surface area contributed by atoms with Gasteiger partial charge in [0.05, 0.1) is 6.10 Å². The van der Waals surface area contributed by atoms with E-state index in [1.807, 2.05) is 20.8 Å². The fourth-order valence-corrected chi connectivity index (χ4v) is 1.90. The van der Waals surface area contributed by atoms with E-state index >= 15 is 0 Å². The van der Waals surface area contributed by atoms with Crippen LogP contribution in [0.4, 0.5) is 0 Å². The van der Waals surface area contributed by atoms with E-state index in [2.05, 4.69) is 0 Å². The van der Waals surface area contributed by atoms with Crippen LogP contribution in [-0.4, -0.2) is 35.5 Å². The third kappa shape index (κ3) is 1.48. The number of hydrogen-bond donors (Lipinski definition) is 1. The highest BCUT2D eigenvalue weighted by Crippen LogP contribution is 2.37. The first-order chi connectivity index (χ1) is 6.03. The van der Waals surface area contributed by atoms with Crippen molar-refractivity contribution in [3.63, 3.8) is 0 Å². The highest BCUT2D eigenvalue weighted by Gasteiger charge is 2.53. The van der Waals surface area contributed by atoms with Crippen LogP contribution in [-0.2, 0) is 14.2 Å². The van der Waals surface area contributed by atoms with Gasteiger partial charge in [-0.3, -0.25) is 0 Å². The number of aliphatic hydroxyl groups excluding tert-OH is 1. The van der Waals surface area contributed by atoms with Crippen molar-refractivity contribution in [3.05, 3.63) is 0 Å². The summed E-state index contributed by atoms with van der Waals surface area (Å²) in [6.45, 7) is 5.62. The summed E-state index contributed by atoms with van der Waals surface area (Å²) >= 11 is 0. The zero-order valence-electron chi connectivity index (χ0n) is 8.19. The average molecular weight is 188 g/mol. The van der Waals surface area contributed by atoms with Gasteiger partial charge < -0.3 is 19.3 Å². The van der Waals surface area contributed by atoms with Gasteiger partial charge in [0, 0.05) is 0 Å². The van der Waals surface area contributed by atoms with Crippen LogP contribution in [0.1, 0.15) is 27.2 Å². The molecule has 2 rings (SSSR count). The van der Waals surface area contributed by atoms with Crippen LogP contribution in [0, 0.1) is 0 Å². The molecule has 0 aromatic carbocycles. The molecule has 2 aliphatic rings. The molecule has 2 aliphatic heterocycles. The third-order valence-electron chi connectivity index (χ3n) is 2.52. The first kappa shape index (κ1) is 9.40. The maximum Gasteiger partial charge on any atom is 0.190 e. The Balaban J connectivity index is 2.07. The number of ether oxygens (including phenoxy) is 3. The molecule has 0 aliphatic carbocycles. The maximum atomic E-state index is 9.76. The van der Waals surface area contributed by atoms with E-state index in [4.69, 9.17) is 14.2 Å². The molecule has 1 N–H and O–H groups in total. The molecule has 0 aromatic rings. The van der Waals surface area contributed by atoms with E-state index in [0.29, 0.717) is 0 Å². The van der Waals surface area contributed by atoms with Gasteiger partial charge in [-0.25, -0.2) is 0 Å². The second kappa shape index (κ2) is 2.92. The Bertz CT molecular complexity index is 204. The molecule has 0 aromatic heterocycles. The molecule has 2 fully saturated rings. The van der Waals surface area contributed by atoms with Gasteiger partial charge in [-0.15, -0.1) is 0 Å².